The molecule has 5 heteroatoms. The summed E-state index contributed by atoms with van der Waals surface area (Å²) in [6.07, 6.45) is 0. The lowest BCUT2D eigenvalue weighted by Gasteiger charge is -2.07. The normalized spacial score (nSPS) is 10.2. The Balaban J connectivity index is 2.18. The first-order valence-electron chi connectivity index (χ1n) is 5.08. The Kier molecular flexibility index (Phi) is 4.80. The fourth-order valence-electron chi connectivity index (χ4n) is 1.39. The molecule has 0 fully saturated rings. The van der Waals surface area contributed by atoms with E-state index in [2.05, 4.69) is 59.8 Å². The zero-order valence-corrected chi connectivity index (χ0v) is 14.4. The van der Waals surface area contributed by atoms with Crippen LogP contribution in [0.1, 0.15) is 10.4 Å². The molecule has 18 heavy (non-hydrogen) atoms. The van der Waals surface area contributed by atoms with Gasteiger partial charge in [0.1, 0.15) is 0 Å². The van der Waals surface area contributed by atoms with Gasteiger partial charge in [-0.15, -0.1) is 0 Å². The van der Waals surface area contributed by atoms with Gasteiger partial charge in [0.2, 0.25) is 0 Å². The summed E-state index contributed by atoms with van der Waals surface area (Å²) >= 11 is 8.99. The Morgan fingerprint density at radius 3 is 2.33 bits per heavy atom. The van der Waals surface area contributed by atoms with E-state index in [0.717, 1.165) is 18.2 Å². The van der Waals surface area contributed by atoms with E-state index in [-0.39, 0.29) is 5.91 Å². The minimum absolute atomic E-state index is 0.116. The van der Waals surface area contributed by atoms with Crippen LogP contribution in [0.5, 0.6) is 0 Å². The lowest BCUT2D eigenvalue weighted by Crippen LogP contribution is -2.12. The first kappa shape index (κ1) is 14.0. The lowest BCUT2D eigenvalue weighted by atomic mass is 10.2. The SMILES string of the molecule is O=C(Nc1ccc(Br)cc1Br)c1ccc(I)cc1. The van der Waals surface area contributed by atoms with Gasteiger partial charge in [-0.3, -0.25) is 4.79 Å². The highest BCUT2D eigenvalue weighted by Gasteiger charge is 2.08. The molecule has 2 aromatic rings. The predicted octanol–water partition coefficient (Wildman–Crippen LogP) is 5.07. The summed E-state index contributed by atoms with van der Waals surface area (Å²) in [5.41, 5.74) is 1.40. The standard InChI is InChI=1S/C13H8Br2INO/c14-9-3-6-12(11(15)7-9)17-13(18)8-1-4-10(16)5-2-8/h1-7H,(H,17,18). The van der Waals surface area contributed by atoms with E-state index in [9.17, 15) is 4.79 Å². The van der Waals surface area contributed by atoms with Crippen molar-refractivity contribution in [1.29, 1.82) is 0 Å². The molecule has 1 N–H and O–H groups in total. The number of amides is 1. The van der Waals surface area contributed by atoms with E-state index in [1.165, 1.54) is 0 Å². The van der Waals surface area contributed by atoms with Crippen molar-refractivity contribution in [3.8, 4) is 0 Å². The Morgan fingerprint density at radius 2 is 1.72 bits per heavy atom. The predicted molar refractivity (Wildman–Crippen MR) is 89.0 cm³/mol. The molecule has 2 aromatic carbocycles. The van der Waals surface area contributed by atoms with E-state index < -0.39 is 0 Å². The van der Waals surface area contributed by atoms with Crippen molar-refractivity contribution in [3.05, 3.63) is 60.5 Å². The number of anilines is 1. The van der Waals surface area contributed by atoms with Gasteiger partial charge in [0.05, 0.1) is 5.69 Å². The highest BCUT2D eigenvalue weighted by atomic mass is 127. The first-order chi connectivity index (χ1) is 8.56. The van der Waals surface area contributed by atoms with Crippen LogP contribution in [0, 0.1) is 3.57 Å². The van der Waals surface area contributed by atoms with Crippen LogP contribution in [0.15, 0.2) is 51.4 Å². The summed E-state index contributed by atoms with van der Waals surface area (Å²) in [5, 5.41) is 2.86. The summed E-state index contributed by atoms with van der Waals surface area (Å²) in [6, 6.07) is 13.1. The Bertz CT molecular complexity index is 584. The van der Waals surface area contributed by atoms with Crippen LogP contribution in [0.3, 0.4) is 0 Å². The van der Waals surface area contributed by atoms with Crippen LogP contribution >= 0.6 is 54.5 Å². The second-order valence-corrected chi connectivity index (χ2v) is 6.60. The number of carbonyl (C=O) groups excluding carboxylic acids is 1. The lowest BCUT2D eigenvalue weighted by molar-refractivity contribution is 0.102. The molecule has 0 saturated heterocycles. The number of rotatable bonds is 2. The molecule has 92 valence electrons. The molecule has 0 aliphatic rings. The second-order valence-electron chi connectivity index (χ2n) is 3.59. The van der Waals surface area contributed by atoms with Gasteiger partial charge in [-0.25, -0.2) is 0 Å². The van der Waals surface area contributed by atoms with E-state index in [0.29, 0.717) is 5.56 Å². The van der Waals surface area contributed by atoms with Crippen molar-refractivity contribution in [2.75, 3.05) is 5.32 Å². The third-order valence-corrected chi connectivity index (χ3v) is 4.15. The highest BCUT2D eigenvalue weighted by Crippen LogP contribution is 2.26. The number of benzene rings is 2. The molecule has 0 heterocycles. The van der Waals surface area contributed by atoms with Crippen LogP contribution in [-0.4, -0.2) is 5.91 Å². The largest absolute Gasteiger partial charge is 0.321 e. The van der Waals surface area contributed by atoms with E-state index in [4.69, 9.17) is 0 Å². The third-order valence-electron chi connectivity index (χ3n) is 2.29. The first-order valence-corrected chi connectivity index (χ1v) is 7.75. The Hall–Kier alpha value is -0.400. The van der Waals surface area contributed by atoms with Crippen molar-refractivity contribution >= 4 is 66.0 Å². The van der Waals surface area contributed by atoms with Gasteiger partial charge in [-0.1, -0.05) is 15.9 Å². The minimum atomic E-state index is -0.116. The van der Waals surface area contributed by atoms with Crippen LogP contribution in [0.25, 0.3) is 0 Å². The van der Waals surface area contributed by atoms with Gasteiger partial charge in [-0.05, 0) is 81.0 Å². The molecular weight excluding hydrogens is 473 g/mol. The van der Waals surface area contributed by atoms with Gasteiger partial charge in [0.25, 0.3) is 5.91 Å². The molecule has 0 aromatic heterocycles. The van der Waals surface area contributed by atoms with Gasteiger partial charge in [0.15, 0.2) is 0 Å². The fourth-order valence-corrected chi connectivity index (χ4v) is 2.89. The molecule has 0 radical (unpaired) electrons. The van der Waals surface area contributed by atoms with E-state index >= 15 is 0 Å². The molecule has 0 aliphatic heterocycles. The molecule has 0 aliphatic carbocycles. The number of hydrogen-bond acceptors (Lipinski definition) is 1. The zero-order chi connectivity index (χ0) is 13.1. The van der Waals surface area contributed by atoms with Crippen molar-refractivity contribution in [2.45, 2.75) is 0 Å². The number of halogens is 3. The number of nitrogens with one attached hydrogen (secondary N) is 1. The van der Waals surface area contributed by atoms with E-state index in [1.807, 2.05) is 42.5 Å². The summed E-state index contributed by atoms with van der Waals surface area (Å²) in [5.74, 6) is -0.116. The Morgan fingerprint density at radius 1 is 1.06 bits per heavy atom. The van der Waals surface area contributed by atoms with Crippen LogP contribution in [0.2, 0.25) is 0 Å². The van der Waals surface area contributed by atoms with Crippen molar-refractivity contribution in [3.63, 3.8) is 0 Å². The summed E-state index contributed by atoms with van der Waals surface area (Å²) in [7, 11) is 0. The van der Waals surface area contributed by atoms with Crippen LogP contribution in [-0.2, 0) is 0 Å². The summed E-state index contributed by atoms with van der Waals surface area (Å²) in [6.45, 7) is 0. The zero-order valence-electron chi connectivity index (χ0n) is 9.08. The molecular formula is C13H8Br2INO. The fraction of sp³-hybridized carbons (Fsp3) is 0. The summed E-state index contributed by atoms with van der Waals surface area (Å²) in [4.78, 5) is 12.0. The monoisotopic (exact) mass is 479 g/mol. The topological polar surface area (TPSA) is 29.1 Å². The molecule has 0 saturated carbocycles. The van der Waals surface area contributed by atoms with Crippen molar-refractivity contribution < 1.29 is 4.79 Å². The van der Waals surface area contributed by atoms with E-state index in [1.54, 1.807) is 0 Å². The maximum absolute atomic E-state index is 12.0. The van der Waals surface area contributed by atoms with Gasteiger partial charge in [-0.2, -0.15) is 0 Å². The van der Waals surface area contributed by atoms with Gasteiger partial charge < -0.3 is 5.32 Å². The Labute approximate surface area is 136 Å². The van der Waals surface area contributed by atoms with Gasteiger partial charge >= 0.3 is 0 Å². The molecule has 1 amide bonds. The van der Waals surface area contributed by atoms with Crippen LogP contribution in [0.4, 0.5) is 5.69 Å². The molecule has 2 nitrogen and oxygen atoms in total. The minimum Gasteiger partial charge on any atom is -0.321 e. The third kappa shape index (κ3) is 3.55. The molecule has 0 atom stereocenters. The van der Waals surface area contributed by atoms with Gasteiger partial charge in [0, 0.05) is 18.1 Å². The molecule has 2 rings (SSSR count). The second kappa shape index (κ2) is 6.16. The average molecular weight is 481 g/mol. The maximum Gasteiger partial charge on any atom is 0.255 e. The summed E-state index contributed by atoms with van der Waals surface area (Å²) < 4.78 is 2.91. The highest BCUT2D eigenvalue weighted by molar-refractivity contribution is 14.1. The van der Waals surface area contributed by atoms with Crippen molar-refractivity contribution in [1.82, 2.24) is 0 Å². The maximum atomic E-state index is 12.0. The number of hydrogen-bond donors (Lipinski definition) is 1. The number of carbonyl (C=O) groups is 1. The van der Waals surface area contributed by atoms with Crippen molar-refractivity contribution in [2.24, 2.45) is 0 Å². The smallest absolute Gasteiger partial charge is 0.255 e. The quantitative estimate of drug-likeness (QED) is 0.597. The van der Waals surface area contributed by atoms with Crippen LogP contribution < -0.4 is 5.32 Å². The molecule has 0 spiro atoms. The molecule has 0 unspecified atom stereocenters. The average Bonchev–Trinajstić information content (AvgIpc) is 2.33. The molecule has 0 bridgehead atoms.